The maximum absolute atomic E-state index is 12.5. The van der Waals surface area contributed by atoms with Crippen molar-refractivity contribution < 1.29 is 4.79 Å². The summed E-state index contributed by atoms with van der Waals surface area (Å²) in [5.41, 5.74) is 0.852. The van der Waals surface area contributed by atoms with Gasteiger partial charge in [-0.2, -0.15) is 0 Å². The van der Waals surface area contributed by atoms with Gasteiger partial charge >= 0.3 is 0 Å². The summed E-state index contributed by atoms with van der Waals surface area (Å²) in [4.78, 5) is 16.0. The molecule has 0 N–H and O–H groups in total. The van der Waals surface area contributed by atoms with E-state index in [9.17, 15) is 4.79 Å². The first-order chi connectivity index (χ1) is 8.52. The van der Waals surface area contributed by atoms with Gasteiger partial charge in [0.15, 0.2) is 5.11 Å². The number of para-hydroxylation sites is 1. The highest BCUT2D eigenvalue weighted by Gasteiger charge is 2.40. The zero-order valence-corrected chi connectivity index (χ0v) is 11.8. The van der Waals surface area contributed by atoms with Gasteiger partial charge < -0.3 is 4.90 Å². The smallest absolute Gasteiger partial charge is 0.256 e. The van der Waals surface area contributed by atoms with E-state index in [1.807, 2.05) is 42.3 Å². The van der Waals surface area contributed by atoms with Gasteiger partial charge in [0.1, 0.15) is 6.04 Å². The van der Waals surface area contributed by atoms with Gasteiger partial charge in [0.05, 0.1) is 5.69 Å². The van der Waals surface area contributed by atoms with Crippen molar-refractivity contribution in [3.05, 3.63) is 30.3 Å². The number of hydrogen-bond donors (Lipinski definition) is 0. The molecule has 1 fully saturated rings. The van der Waals surface area contributed by atoms with Crippen molar-refractivity contribution in [2.45, 2.75) is 26.3 Å². The summed E-state index contributed by atoms with van der Waals surface area (Å²) in [5, 5.41) is 0.594. The Morgan fingerprint density at radius 2 is 1.89 bits per heavy atom. The number of likely N-dealkylation sites (N-methyl/N-ethyl adjacent to an activating group) is 1. The van der Waals surface area contributed by atoms with Crippen LogP contribution in [-0.2, 0) is 4.79 Å². The summed E-state index contributed by atoms with van der Waals surface area (Å²) in [6, 6.07) is 9.47. The number of amides is 1. The van der Waals surface area contributed by atoms with Crippen LogP contribution in [0.5, 0.6) is 0 Å². The molecule has 1 saturated heterocycles. The number of hydrogen-bond acceptors (Lipinski definition) is 2. The molecular formula is C14H18N2OS. The van der Waals surface area contributed by atoms with Crippen LogP contribution in [0.15, 0.2) is 30.3 Å². The Kier molecular flexibility index (Phi) is 3.66. The molecule has 1 amide bonds. The predicted molar refractivity (Wildman–Crippen MR) is 77.5 cm³/mol. The molecule has 3 nitrogen and oxygen atoms in total. The molecule has 0 saturated carbocycles. The summed E-state index contributed by atoms with van der Waals surface area (Å²) < 4.78 is 0. The second-order valence-corrected chi connectivity index (χ2v) is 5.41. The Hall–Kier alpha value is -1.42. The Labute approximate surface area is 113 Å². The lowest BCUT2D eigenvalue weighted by atomic mass is 10.0. The minimum Gasteiger partial charge on any atom is -0.339 e. The third kappa shape index (κ3) is 2.25. The maximum atomic E-state index is 12.5. The molecular weight excluding hydrogens is 244 g/mol. The number of rotatable bonds is 3. The highest BCUT2D eigenvalue weighted by molar-refractivity contribution is 7.80. The Bertz CT molecular complexity index is 458. The van der Waals surface area contributed by atoms with Crippen molar-refractivity contribution in [3.8, 4) is 0 Å². The third-order valence-corrected chi connectivity index (χ3v) is 3.65. The van der Waals surface area contributed by atoms with Gasteiger partial charge in [0, 0.05) is 7.05 Å². The van der Waals surface area contributed by atoms with E-state index < -0.39 is 0 Å². The lowest BCUT2D eigenvalue weighted by molar-refractivity contribution is -0.119. The van der Waals surface area contributed by atoms with Gasteiger partial charge in [-0.15, -0.1) is 0 Å². The molecule has 0 unspecified atom stereocenters. The molecule has 18 heavy (non-hydrogen) atoms. The van der Waals surface area contributed by atoms with Gasteiger partial charge in [0.2, 0.25) is 0 Å². The number of thiocarbonyl (C=S) groups is 1. The number of carbonyl (C=O) groups is 1. The molecule has 0 spiro atoms. The van der Waals surface area contributed by atoms with E-state index in [0.717, 1.165) is 12.1 Å². The predicted octanol–water partition coefficient (Wildman–Crippen LogP) is 2.66. The van der Waals surface area contributed by atoms with E-state index in [-0.39, 0.29) is 11.9 Å². The molecule has 1 aliphatic rings. The first-order valence-corrected chi connectivity index (χ1v) is 6.59. The van der Waals surface area contributed by atoms with Crippen molar-refractivity contribution in [1.29, 1.82) is 0 Å². The molecule has 0 bridgehead atoms. The van der Waals surface area contributed by atoms with Gasteiger partial charge in [-0.05, 0) is 36.7 Å². The molecule has 1 aliphatic heterocycles. The molecule has 2 rings (SSSR count). The molecule has 1 heterocycles. The Morgan fingerprint density at radius 1 is 1.28 bits per heavy atom. The fraction of sp³-hybridized carbons (Fsp3) is 0.429. The second-order valence-electron chi connectivity index (χ2n) is 5.05. The monoisotopic (exact) mass is 262 g/mol. The summed E-state index contributed by atoms with van der Waals surface area (Å²) in [6.07, 6.45) is 0.832. The normalized spacial score (nSPS) is 20.1. The minimum absolute atomic E-state index is 0.0856. The summed E-state index contributed by atoms with van der Waals surface area (Å²) in [7, 11) is 1.90. The quantitative estimate of drug-likeness (QED) is 0.782. The van der Waals surface area contributed by atoms with Crippen molar-refractivity contribution in [3.63, 3.8) is 0 Å². The topological polar surface area (TPSA) is 23.6 Å². The van der Waals surface area contributed by atoms with E-state index in [1.165, 1.54) is 0 Å². The highest BCUT2D eigenvalue weighted by atomic mass is 32.1. The van der Waals surface area contributed by atoms with Gasteiger partial charge in [-0.3, -0.25) is 9.69 Å². The second kappa shape index (κ2) is 5.06. The standard InChI is InChI=1S/C14H18N2OS/c1-10(2)9-12-13(17)16(14(18)15(12)3)11-7-5-4-6-8-11/h4-8,10,12H,9H2,1-3H3/t12-/m0/s1. The fourth-order valence-electron chi connectivity index (χ4n) is 2.22. The van der Waals surface area contributed by atoms with Crippen LogP contribution >= 0.6 is 12.2 Å². The molecule has 96 valence electrons. The largest absolute Gasteiger partial charge is 0.339 e. The number of anilines is 1. The highest BCUT2D eigenvalue weighted by Crippen LogP contribution is 2.27. The lowest BCUT2D eigenvalue weighted by Crippen LogP contribution is -2.32. The Morgan fingerprint density at radius 3 is 2.44 bits per heavy atom. The van der Waals surface area contributed by atoms with Crippen LogP contribution in [-0.4, -0.2) is 29.0 Å². The van der Waals surface area contributed by atoms with Crippen LogP contribution in [0.2, 0.25) is 0 Å². The molecule has 0 aromatic heterocycles. The van der Waals surface area contributed by atoms with Crippen molar-refractivity contribution >= 4 is 28.9 Å². The van der Waals surface area contributed by atoms with Crippen molar-refractivity contribution in [2.24, 2.45) is 5.92 Å². The SMILES string of the molecule is CC(C)C[C@H]1C(=O)N(c2ccccc2)C(=S)N1C. The molecule has 0 radical (unpaired) electrons. The van der Waals surface area contributed by atoms with Crippen LogP contribution in [0.1, 0.15) is 20.3 Å². The van der Waals surface area contributed by atoms with Crippen molar-refractivity contribution in [2.75, 3.05) is 11.9 Å². The number of benzene rings is 1. The van der Waals surface area contributed by atoms with Gasteiger partial charge in [-0.25, -0.2) is 0 Å². The Balaban J connectivity index is 2.29. The first-order valence-electron chi connectivity index (χ1n) is 6.18. The van der Waals surface area contributed by atoms with E-state index in [0.29, 0.717) is 11.0 Å². The van der Waals surface area contributed by atoms with Gasteiger partial charge in [0.25, 0.3) is 5.91 Å². The average molecular weight is 262 g/mol. The summed E-state index contributed by atoms with van der Waals surface area (Å²) in [6.45, 7) is 4.24. The third-order valence-electron chi connectivity index (χ3n) is 3.18. The fourth-order valence-corrected chi connectivity index (χ4v) is 2.54. The lowest BCUT2D eigenvalue weighted by Gasteiger charge is -2.19. The zero-order valence-electron chi connectivity index (χ0n) is 11.0. The maximum Gasteiger partial charge on any atom is 0.256 e. The minimum atomic E-state index is -0.127. The summed E-state index contributed by atoms with van der Waals surface area (Å²) >= 11 is 5.38. The summed E-state index contributed by atoms with van der Waals surface area (Å²) in [5.74, 6) is 0.558. The first kappa shape index (κ1) is 13.0. The number of carbonyl (C=O) groups excluding carboxylic acids is 1. The van der Waals surface area contributed by atoms with Crippen LogP contribution in [0.25, 0.3) is 0 Å². The van der Waals surface area contributed by atoms with Crippen LogP contribution in [0.4, 0.5) is 5.69 Å². The van der Waals surface area contributed by atoms with Crippen LogP contribution in [0, 0.1) is 5.92 Å². The average Bonchev–Trinajstić information content (AvgIpc) is 2.54. The zero-order chi connectivity index (χ0) is 13.3. The molecule has 4 heteroatoms. The van der Waals surface area contributed by atoms with Crippen LogP contribution < -0.4 is 4.90 Å². The van der Waals surface area contributed by atoms with E-state index in [4.69, 9.17) is 12.2 Å². The molecule has 0 aliphatic carbocycles. The van der Waals surface area contributed by atoms with E-state index in [1.54, 1.807) is 4.90 Å². The van der Waals surface area contributed by atoms with Crippen molar-refractivity contribution in [1.82, 2.24) is 4.90 Å². The van der Waals surface area contributed by atoms with E-state index in [2.05, 4.69) is 13.8 Å². The van der Waals surface area contributed by atoms with Gasteiger partial charge in [-0.1, -0.05) is 32.0 Å². The van der Waals surface area contributed by atoms with Crippen LogP contribution in [0.3, 0.4) is 0 Å². The molecule has 1 aromatic carbocycles. The van der Waals surface area contributed by atoms with E-state index >= 15 is 0 Å². The molecule has 1 atom stereocenters. The molecule has 1 aromatic rings. The number of nitrogens with zero attached hydrogens (tertiary/aromatic N) is 2.